The Morgan fingerprint density at radius 3 is 2.53 bits per heavy atom. The predicted octanol–water partition coefficient (Wildman–Crippen LogP) is 3.33. The van der Waals surface area contributed by atoms with Crippen LogP contribution < -0.4 is 10.1 Å². The molecule has 2 aromatic carbocycles. The molecule has 0 aromatic heterocycles. The maximum absolute atomic E-state index is 13.1. The molecule has 7 heteroatoms. The molecule has 160 valence electrons. The number of nitrogens with one attached hydrogen (secondary N) is 1. The first-order valence-electron chi connectivity index (χ1n) is 10.0. The van der Waals surface area contributed by atoms with E-state index in [-0.39, 0.29) is 11.8 Å². The van der Waals surface area contributed by atoms with E-state index < -0.39 is 6.04 Å². The zero-order valence-electron chi connectivity index (χ0n) is 17.7. The van der Waals surface area contributed by atoms with Crippen LogP contribution in [-0.4, -0.2) is 55.4 Å². The molecule has 30 heavy (non-hydrogen) atoms. The van der Waals surface area contributed by atoms with Crippen LogP contribution in [0.25, 0.3) is 0 Å². The van der Waals surface area contributed by atoms with Crippen LogP contribution in [0.1, 0.15) is 34.3 Å². The van der Waals surface area contributed by atoms with Gasteiger partial charge in [-0.15, -0.1) is 0 Å². The minimum absolute atomic E-state index is 0.140. The topological polar surface area (TPSA) is 61.9 Å². The zero-order valence-corrected chi connectivity index (χ0v) is 18.4. The van der Waals surface area contributed by atoms with Crippen molar-refractivity contribution >= 4 is 23.4 Å². The van der Waals surface area contributed by atoms with Gasteiger partial charge >= 0.3 is 0 Å². The lowest BCUT2D eigenvalue weighted by Crippen LogP contribution is -2.45. The summed E-state index contributed by atoms with van der Waals surface area (Å²) in [7, 11) is 5.57. The third-order valence-corrected chi connectivity index (χ3v) is 5.43. The van der Waals surface area contributed by atoms with Crippen LogP contribution in [0.15, 0.2) is 42.5 Å². The highest BCUT2D eigenvalue weighted by molar-refractivity contribution is 6.31. The Labute approximate surface area is 182 Å². The number of hydrogen-bond acceptors (Lipinski definition) is 4. The van der Waals surface area contributed by atoms with E-state index in [1.165, 1.54) is 12.7 Å². The number of hydrogen-bond donors (Lipinski definition) is 1. The van der Waals surface area contributed by atoms with Gasteiger partial charge in [-0.05, 0) is 56.3 Å². The summed E-state index contributed by atoms with van der Waals surface area (Å²) in [6.07, 6.45) is 1.42. The number of carbonyl (C=O) groups is 2. The molecule has 0 aliphatic carbocycles. The summed E-state index contributed by atoms with van der Waals surface area (Å²) in [4.78, 5) is 29.6. The monoisotopic (exact) mass is 429 g/mol. The lowest BCUT2D eigenvalue weighted by molar-refractivity contribution is -0.125. The fraction of sp³-hybridized carbons (Fsp3) is 0.391. The summed E-state index contributed by atoms with van der Waals surface area (Å²) in [5, 5.41) is 3.43. The van der Waals surface area contributed by atoms with E-state index in [1.807, 2.05) is 26.2 Å². The van der Waals surface area contributed by atoms with E-state index in [0.717, 1.165) is 18.5 Å². The van der Waals surface area contributed by atoms with Crippen molar-refractivity contribution in [2.75, 3.05) is 27.7 Å². The van der Waals surface area contributed by atoms with Gasteiger partial charge in [-0.2, -0.15) is 0 Å². The van der Waals surface area contributed by atoms with E-state index in [4.69, 9.17) is 16.3 Å². The number of likely N-dealkylation sites (tertiary alicyclic amines) is 1. The number of nitrogens with zero attached hydrogens (tertiary/aromatic N) is 2. The van der Waals surface area contributed by atoms with Gasteiger partial charge in [-0.1, -0.05) is 35.9 Å². The van der Waals surface area contributed by atoms with Gasteiger partial charge in [0, 0.05) is 24.7 Å². The molecule has 1 N–H and O–H groups in total. The smallest absolute Gasteiger partial charge is 0.258 e. The summed E-state index contributed by atoms with van der Waals surface area (Å²) in [5.41, 5.74) is 2.62. The van der Waals surface area contributed by atoms with Crippen molar-refractivity contribution in [2.45, 2.75) is 32.0 Å². The second-order valence-corrected chi connectivity index (χ2v) is 8.21. The molecular weight excluding hydrogens is 402 g/mol. The number of halogens is 1. The van der Waals surface area contributed by atoms with Crippen molar-refractivity contribution in [3.63, 3.8) is 0 Å². The van der Waals surface area contributed by atoms with Crippen molar-refractivity contribution in [1.82, 2.24) is 15.1 Å². The molecule has 1 saturated heterocycles. The van der Waals surface area contributed by atoms with Crippen LogP contribution >= 0.6 is 11.6 Å². The molecule has 0 radical (unpaired) electrons. The van der Waals surface area contributed by atoms with Gasteiger partial charge in [0.25, 0.3) is 5.91 Å². The van der Waals surface area contributed by atoms with Crippen LogP contribution in [-0.2, 0) is 17.9 Å². The number of carbonyl (C=O) groups excluding carboxylic acids is 2. The molecule has 2 amide bonds. The molecule has 1 atom stereocenters. The summed E-state index contributed by atoms with van der Waals surface area (Å²) in [5.74, 6) is 0.0764. The average Bonchev–Trinajstić information content (AvgIpc) is 3.22. The first kappa shape index (κ1) is 22.1. The van der Waals surface area contributed by atoms with E-state index in [2.05, 4.69) is 22.3 Å². The van der Waals surface area contributed by atoms with Crippen molar-refractivity contribution in [3.05, 3.63) is 64.2 Å². The Hall–Kier alpha value is -2.57. The third-order valence-electron chi connectivity index (χ3n) is 5.20. The second kappa shape index (κ2) is 9.96. The average molecular weight is 430 g/mol. The molecule has 0 bridgehead atoms. The fourth-order valence-electron chi connectivity index (χ4n) is 3.72. The van der Waals surface area contributed by atoms with Crippen LogP contribution in [0.2, 0.25) is 5.02 Å². The maximum atomic E-state index is 13.1. The van der Waals surface area contributed by atoms with E-state index in [9.17, 15) is 9.59 Å². The van der Waals surface area contributed by atoms with Crippen LogP contribution in [0, 0.1) is 0 Å². The van der Waals surface area contributed by atoms with Gasteiger partial charge in [0.15, 0.2) is 0 Å². The second-order valence-electron chi connectivity index (χ2n) is 7.77. The Kier molecular flexibility index (Phi) is 7.34. The maximum Gasteiger partial charge on any atom is 0.258 e. The summed E-state index contributed by atoms with van der Waals surface area (Å²) in [6, 6.07) is 12.6. The summed E-state index contributed by atoms with van der Waals surface area (Å²) >= 11 is 6.07. The zero-order chi connectivity index (χ0) is 21.7. The third kappa shape index (κ3) is 5.32. The van der Waals surface area contributed by atoms with Crippen LogP contribution in [0.5, 0.6) is 5.75 Å². The molecule has 0 saturated carbocycles. The van der Waals surface area contributed by atoms with Gasteiger partial charge in [0.05, 0.1) is 12.7 Å². The molecule has 1 fully saturated rings. The van der Waals surface area contributed by atoms with Crippen molar-refractivity contribution < 1.29 is 14.3 Å². The highest BCUT2D eigenvalue weighted by Crippen LogP contribution is 2.27. The van der Waals surface area contributed by atoms with E-state index in [1.54, 1.807) is 23.1 Å². The SMILES string of the molecule is COc1ccc(Cl)cc1C(=O)N1CCCC1C(=O)NCc1ccc(CN(C)C)cc1. The normalized spacial score (nSPS) is 16.0. The first-order valence-corrected chi connectivity index (χ1v) is 10.4. The number of rotatable bonds is 7. The summed E-state index contributed by atoms with van der Waals surface area (Å²) in [6.45, 7) is 1.84. The molecule has 0 spiro atoms. The van der Waals surface area contributed by atoms with Crippen LogP contribution in [0.3, 0.4) is 0 Å². The number of amides is 2. The van der Waals surface area contributed by atoms with Crippen molar-refractivity contribution in [3.8, 4) is 5.75 Å². The van der Waals surface area contributed by atoms with Crippen LogP contribution in [0.4, 0.5) is 0 Å². The predicted molar refractivity (Wildman–Crippen MR) is 118 cm³/mol. The molecule has 1 heterocycles. The fourth-order valence-corrected chi connectivity index (χ4v) is 3.89. The number of methoxy groups -OCH3 is 1. The van der Waals surface area contributed by atoms with E-state index >= 15 is 0 Å². The highest BCUT2D eigenvalue weighted by atomic mass is 35.5. The van der Waals surface area contributed by atoms with Gasteiger partial charge in [-0.25, -0.2) is 0 Å². The molecule has 1 unspecified atom stereocenters. The molecule has 2 aromatic rings. The number of benzene rings is 2. The first-order chi connectivity index (χ1) is 14.4. The molecule has 1 aliphatic heterocycles. The van der Waals surface area contributed by atoms with Crippen molar-refractivity contribution in [2.24, 2.45) is 0 Å². The Morgan fingerprint density at radius 1 is 1.17 bits per heavy atom. The largest absolute Gasteiger partial charge is 0.496 e. The van der Waals surface area contributed by atoms with Gasteiger partial charge in [0.1, 0.15) is 11.8 Å². The molecular formula is C23H28ClN3O3. The standard InChI is InChI=1S/C23H28ClN3O3/c1-26(2)15-17-8-6-16(7-9-17)14-25-22(28)20-5-4-12-27(20)23(29)19-13-18(24)10-11-21(19)30-3/h6-11,13,20H,4-5,12,14-15H2,1-3H3,(H,25,28). The lowest BCUT2D eigenvalue weighted by Gasteiger charge is -2.25. The molecule has 6 nitrogen and oxygen atoms in total. The minimum atomic E-state index is -0.491. The molecule has 1 aliphatic rings. The molecule has 3 rings (SSSR count). The van der Waals surface area contributed by atoms with Gasteiger partial charge in [0.2, 0.25) is 5.91 Å². The van der Waals surface area contributed by atoms with Crippen molar-refractivity contribution in [1.29, 1.82) is 0 Å². The van der Waals surface area contributed by atoms with Gasteiger partial charge in [-0.3, -0.25) is 9.59 Å². The highest BCUT2D eigenvalue weighted by Gasteiger charge is 2.35. The van der Waals surface area contributed by atoms with E-state index in [0.29, 0.717) is 35.8 Å². The minimum Gasteiger partial charge on any atom is -0.496 e. The van der Waals surface area contributed by atoms with Gasteiger partial charge < -0.3 is 19.9 Å². The lowest BCUT2D eigenvalue weighted by atomic mass is 10.1. The number of ether oxygens (including phenoxy) is 1. The Bertz CT molecular complexity index is 899. The quantitative estimate of drug-likeness (QED) is 0.733. The Balaban J connectivity index is 1.64. The Morgan fingerprint density at radius 2 is 1.87 bits per heavy atom. The summed E-state index contributed by atoms with van der Waals surface area (Å²) < 4.78 is 5.31.